The van der Waals surface area contributed by atoms with E-state index in [0.29, 0.717) is 12.8 Å². The third kappa shape index (κ3) is 4.05. The van der Waals surface area contributed by atoms with Crippen LogP contribution in [0.3, 0.4) is 0 Å². The zero-order valence-electron chi connectivity index (χ0n) is 10.5. The molecule has 106 valence electrons. The van der Waals surface area contributed by atoms with E-state index < -0.39 is 35.1 Å². The summed E-state index contributed by atoms with van der Waals surface area (Å²) in [6.45, 7) is 0. The van der Waals surface area contributed by atoms with Crippen LogP contribution in [0.15, 0.2) is 18.2 Å². The largest absolute Gasteiger partial charge is 0.480 e. The summed E-state index contributed by atoms with van der Waals surface area (Å²) in [6.07, 6.45) is 5.93. The molecule has 0 bridgehead atoms. The van der Waals surface area contributed by atoms with Gasteiger partial charge in [0.15, 0.2) is 11.6 Å². The Hall–Kier alpha value is -2.42. The van der Waals surface area contributed by atoms with Crippen molar-refractivity contribution in [3.05, 3.63) is 35.4 Å². The molecule has 0 heterocycles. The number of benzene rings is 1. The maximum absolute atomic E-state index is 13.4. The standard InChI is InChI=1S/C14H13F2NO3/c1-2-3-4-8-11(14(19)20)17-13(18)9-6-5-7-10(15)12(9)16/h1,5-7,11H,3-4,8H2,(H,17,18)(H,19,20)/t11-/m0/s1. The predicted octanol–water partition coefficient (Wildman–Crippen LogP) is 1.95. The quantitative estimate of drug-likeness (QED) is 0.618. The highest BCUT2D eigenvalue weighted by molar-refractivity contribution is 5.96. The molecule has 1 amide bonds. The Kier molecular flexibility index (Phi) is 5.66. The SMILES string of the molecule is C#CCCC[C@H](NC(=O)c1cccc(F)c1F)C(=O)O. The van der Waals surface area contributed by atoms with E-state index in [1.54, 1.807) is 0 Å². The number of carbonyl (C=O) groups is 2. The number of carboxylic acid groups (broad SMARTS) is 1. The second kappa shape index (κ2) is 7.24. The van der Waals surface area contributed by atoms with Crippen molar-refractivity contribution in [1.29, 1.82) is 0 Å². The van der Waals surface area contributed by atoms with E-state index in [2.05, 4.69) is 11.2 Å². The van der Waals surface area contributed by atoms with Crippen LogP contribution in [0, 0.1) is 24.0 Å². The number of nitrogens with one attached hydrogen (secondary N) is 1. The molecule has 0 spiro atoms. The van der Waals surface area contributed by atoms with Gasteiger partial charge in [0, 0.05) is 6.42 Å². The topological polar surface area (TPSA) is 66.4 Å². The molecule has 20 heavy (non-hydrogen) atoms. The van der Waals surface area contributed by atoms with Crippen molar-refractivity contribution in [1.82, 2.24) is 5.32 Å². The normalized spacial score (nSPS) is 11.4. The number of unbranched alkanes of at least 4 members (excludes halogenated alkanes) is 1. The molecule has 0 radical (unpaired) electrons. The Morgan fingerprint density at radius 1 is 1.40 bits per heavy atom. The zero-order chi connectivity index (χ0) is 15.1. The van der Waals surface area contributed by atoms with Gasteiger partial charge in [-0.25, -0.2) is 13.6 Å². The van der Waals surface area contributed by atoms with Gasteiger partial charge in [-0.15, -0.1) is 12.3 Å². The molecule has 1 atom stereocenters. The van der Waals surface area contributed by atoms with Gasteiger partial charge in [-0.1, -0.05) is 6.07 Å². The summed E-state index contributed by atoms with van der Waals surface area (Å²) in [7, 11) is 0. The summed E-state index contributed by atoms with van der Waals surface area (Å²) in [4.78, 5) is 22.7. The Labute approximate surface area is 114 Å². The van der Waals surface area contributed by atoms with Crippen LogP contribution in [-0.4, -0.2) is 23.0 Å². The Balaban J connectivity index is 2.78. The average molecular weight is 281 g/mol. The lowest BCUT2D eigenvalue weighted by molar-refractivity contribution is -0.139. The first-order valence-electron chi connectivity index (χ1n) is 5.88. The van der Waals surface area contributed by atoms with Crippen molar-refractivity contribution < 1.29 is 23.5 Å². The van der Waals surface area contributed by atoms with Crippen LogP contribution >= 0.6 is 0 Å². The predicted molar refractivity (Wildman–Crippen MR) is 67.9 cm³/mol. The van der Waals surface area contributed by atoms with Gasteiger partial charge in [-0.2, -0.15) is 0 Å². The highest BCUT2D eigenvalue weighted by Gasteiger charge is 2.22. The highest BCUT2D eigenvalue weighted by Crippen LogP contribution is 2.12. The Morgan fingerprint density at radius 2 is 2.10 bits per heavy atom. The van der Waals surface area contributed by atoms with Crippen molar-refractivity contribution in [3.63, 3.8) is 0 Å². The van der Waals surface area contributed by atoms with Gasteiger partial charge < -0.3 is 10.4 Å². The molecule has 1 aromatic carbocycles. The van der Waals surface area contributed by atoms with Gasteiger partial charge in [0.05, 0.1) is 5.56 Å². The second-order valence-electron chi connectivity index (χ2n) is 4.06. The Morgan fingerprint density at radius 3 is 2.70 bits per heavy atom. The molecular formula is C14H13F2NO3. The monoisotopic (exact) mass is 281 g/mol. The van der Waals surface area contributed by atoms with Gasteiger partial charge in [0.1, 0.15) is 6.04 Å². The number of carbonyl (C=O) groups excluding carboxylic acids is 1. The third-order valence-corrected chi connectivity index (χ3v) is 2.61. The van der Waals surface area contributed by atoms with Gasteiger partial charge in [-0.3, -0.25) is 4.79 Å². The minimum atomic E-state index is -1.31. The molecule has 6 heteroatoms. The van der Waals surface area contributed by atoms with Crippen LogP contribution in [0.4, 0.5) is 8.78 Å². The number of hydrogen-bond donors (Lipinski definition) is 2. The van der Waals surface area contributed by atoms with Crippen molar-refractivity contribution in [2.75, 3.05) is 0 Å². The molecule has 0 aliphatic heterocycles. The number of amides is 1. The molecule has 0 saturated heterocycles. The summed E-state index contributed by atoms with van der Waals surface area (Å²) >= 11 is 0. The second-order valence-corrected chi connectivity index (χ2v) is 4.06. The number of aliphatic carboxylic acids is 1. The van der Waals surface area contributed by atoms with Crippen LogP contribution in [-0.2, 0) is 4.79 Å². The lowest BCUT2D eigenvalue weighted by Crippen LogP contribution is -2.41. The van der Waals surface area contributed by atoms with Crippen LogP contribution in [0.5, 0.6) is 0 Å². The molecule has 1 rings (SSSR count). The molecule has 0 fully saturated rings. The summed E-state index contributed by atoms with van der Waals surface area (Å²) in [5.74, 6) is -2.36. The molecule has 0 saturated carbocycles. The van der Waals surface area contributed by atoms with E-state index in [1.165, 1.54) is 6.07 Å². The molecular weight excluding hydrogens is 268 g/mol. The first-order chi connectivity index (χ1) is 9.47. The van der Waals surface area contributed by atoms with E-state index >= 15 is 0 Å². The average Bonchev–Trinajstić information content (AvgIpc) is 2.40. The summed E-state index contributed by atoms with van der Waals surface area (Å²) in [5, 5.41) is 11.1. The lowest BCUT2D eigenvalue weighted by atomic mass is 10.1. The van der Waals surface area contributed by atoms with Crippen molar-refractivity contribution >= 4 is 11.9 Å². The number of carboxylic acids is 1. The first-order valence-corrected chi connectivity index (χ1v) is 5.88. The van der Waals surface area contributed by atoms with Gasteiger partial charge in [0.2, 0.25) is 0 Å². The highest BCUT2D eigenvalue weighted by atomic mass is 19.2. The zero-order valence-corrected chi connectivity index (χ0v) is 10.5. The van der Waals surface area contributed by atoms with Crippen LogP contribution in [0.1, 0.15) is 29.6 Å². The van der Waals surface area contributed by atoms with Crippen LogP contribution < -0.4 is 5.32 Å². The van der Waals surface area contributed by atoms with E-state index in [1.807, 2.05) is 0 Å². The molecule has 0 aliphatic carbocycles. The molecule has 1 aromatic rings. The fourth-order valence-corrected chi connectivity index (χ4v) is 1.58. The number of halogens is 2. The fraction of sp³-hybridized carbons (Fsp3) is 0.286. The van der Waals surface area contributed by atoms with Crippen molar-refractivity contribution in [3.8, 4) is 12.3 Å². The number of terminal acetylenes is 1. The molecule has 4 nitrogen and oxygen atoms in total. The lowest BCUT2D eigenvalue weighted by Gasteiger charge is -2.14. The molecule has 0 aromatic heterocycles. The van der Waals surface area contributed by atoms with E-state index in [-0.39, 0.29) is 6.42 Å². The first kappa shape index (κ1) is 15.6. The van der Waals surface area contributed by atoms with Crippen LogP contribution in [0.2, 0.25) is 0 Å². The minimum Gasteiger partial charge on any atom is -0.480 e. The Bertz CT molecular complexity index is 552. The van der Waals surface area contributed by atoms with E-state index in [9.17, 15) is 18.4 Å². The van der Waals surface area contributed by atoms with E-state index in [0.717, 1.165) is 12.1 Å². The third-order valence-electron chi connectivity index (χ3n) is 2.61. The summed E-state index contributed by atoms with van der Waals surface area (Å²) in [5.41, 5.74) is -0.534. The minimum absolute atomic E-state index is 0.113. The van der Waals surface area contributed by atoms with Gasteiger partial charge in [-0.05, 0) is 25.0 Å². The van der Waals surface area contributed by atoms with Gasteiger partial charge >= 0.3 is 5.97 Å². The molecule has 0 unspecified atom stereocenters. The maximum atomic E-state index is 13.4. The van der Waals surface area contributed by atoms with E-state index in [4.69, 9.17) is 11.5 Å². The van der Waals surface area contributed by atoms with Crippen LogP contribution in [0.25, 0.3) is 0 Å². The molecule has 0 aliphatic rings. The fourth-order valence-electron chi connectivity index (χ4n) is 1.58. The summed E-state index contributed by atoms with van der Waals surface area (Å²) in [6, 6.07) is 1.92. The van der Waals surface area contributed by atoms with Gasteiger partial charge in [0.25, 0.3) is 5.91 Å². The smallest absolute Gasteiger partial charge is 0.326 e. The molecule has 2 N–H and O–H groups in total. The number of hydrogen-bond acceptors (Lipinski definition) is 2. The number of rotatable bonds is 6. The maximum Gasteiger partial charge on any atom is 0.326 e. The summed E-state index contributed by atoms with van der Waals surface area (Å²) < 4.78 is 26.4. The van der Waals surface area contributed by atoms with Crippen molar-refractivity contribution in [2.24, 2.45) is 0 Å². The van der Waals surface area contributed by atoms with Crippen molar-refractivity contribution in [2.45, 2.75) is 25.3 Å².